The van der Waals surface area contributed by atoms with E-state index in [-0.39, 0.29) is 35.5 Å². The van der Waals surface area contributed by atoms with Crippen LogP contribution >= 0.6 is 0 Å². The minimum atomic E-state index is -1.12. The van der Waals surface area contributed by atoms with Gasteiger partial charge in [-0.05, 0) is 54.9 Å². The van der Waals surface area contributed by atoms with Gasteiger partial charge in [0.1, 0.15) is 0 Å². The molecular weight excluding hydrogens is 365 g/mol. The molecule has 1 aromatic carbocycles. The van der Waals surface area contributed by atoms with Gasteiger partial charge in [-0.1, -0.05) is 45.7 Å². The van der Waals surface area contributed by atoms with Crippen LogP contribution in [0.5, 0.6) is 5.75 Å². The molecule has 0 saturated heterocycles. The summed E-state index contributed by atoms with van der Waals surface area (Å²) in [6, 6.07) is 4.65. The predicted molar refractivity (Wildman–Crippen MR) is 109 cm³/mol. The number of ether oxygens (including phenoxy) is 2. The van der Waals surface area contributed by atoms with Crippen LogP contribution < -0.4 is 4.74 Å². The van der Waals surface area contributed by atoms with Crippen molar-refractivity contribution in [2.24, 2.45) is 11.8 Å². The first-order valence-electron chi connectivity index (χ1n) is 9.32. The molecule has 0 saturated carbocycles. The highest BCUT2D eigenvalue weighted by molar-refractivity contribution is 5.48. The fourth-order valence-corrected chi connectivity index (χ4v) is 2.50. The second kappa shape index (κ2) is 11.4. The lowest BCUT2D eigenvalue weighted by atomic mass is 9.92. The van der Waals surface area contributed by atoms with Gasteiger partial charge in [-0.3, -0.25) is 0 Å². The third-order valence-corrected chi connectivity index (χ3v) is 4.44. The molecule has 0 radical (unpaired) electrons. The molecule has 0 aliphatic rings. The van der Waals surface area contributed by atoms with Gasteiger partial charge in [-0.15, -0.1) is 0 Å². The number of benzene rings is 1. The summed E-state index contributed by atoms with van der Waals surface area (Å²) in [5.41, 5.74) is 0.747. The fourth-order valence-electron chi connectivity index (χ4n) is 2.50. The topological polar surface area (TPSA) is 18.5 Å². The predicted octanol–water partition coefficient (Wildman–Crippen LogP) is 7.16. The Morgan fingerprint density at radius 2 is 1.82 bits per heavy atom. The van der Waals surface area contributed by atoms with Crippen molar-refractivity contribution in [3.05, 3.63) is 72.3 Å². The first-order chi connectivity index (χ1) is 13.2. The van der Waals surface area contributed by atoms with Crippen molar-refractivity contribution in [3.8, 4) is 5.75 Å². The molecule has 0 aliphatic carbocycles. The largest absolute Gasteiger partial charge is 0.491 e. The number of hydrogen-bond acceptors (Lipinski definition) is 2. The van der Waals surface area contributed by atoms with Crippen molar-refractivity contribution in [1.29, 1.82) is 0 Å². The van der Waals surface area contributed by atoms with Crippen LogP contribution in [0.3, 0.4) is 0 Å². The summed E-state index contributed by atoms with van der Waals surface area (Å²) in [6.45, 7) is 16.5. The van der Waals surface area contributed by atoms with E-state index < -0.39 is 17.5 Å². The summed E-state index contributed by atoms with van der Waals surface area (Å²) in [4.78, 5) is 0. The zero-order valence-electron chi connectivity index (χ0n) is 16.9. The Kier molecular flexibility index (Phi) is 9.63. The Morgan fingerprint density at radius 1 is 1.14 bits per heavy atom. The Labute approximate surface area is 166 Å². The second-order valence-electron chi connectivity index (χ2n) is 6.80. The third-order valence-electron chi connectivity index (χ3n) is 4.44. The van der Waals surface area contributed by atoms with Gasteiger partial charge in [-0.2, -0.15) is 4.39 Å². The van der Waals surface area contributed by atoms with E-state index in [9.17, 15) is 13.2 Å². The average Bonchev–Trinajstić information content (AvgIpc) is 2.69. The standard InChI is InChI=1S/C23H29F3O2/c1-7-19-11-12-21(20(24)13-19)28-14-15(3)9-10-16(4)17(5)22(25)23(26)18(6)27-8-2/h7,11-13,15-16H,1,5-6,8-10,14H2,2-4H3/b23-22-. The highest BCUT2D eigenvalue weighted by atomic mass is 19.2. The van der Waals surface area contributed by atoms with Crippen LogP contribution in [0.1, 0.15) is 39.2 Å². The molecule has 2 unspecified atom stereocenters. The molecule has 0 spiro atoms. The molecule has 0 heterocycles. The minimum Gasteiger partial charge on any atom is -0.491 e. The smallest absolute Gasteiger partial charge is 0.200 e. The van der Waals surface area contributed by atoms with Gasteiger partial charge in [-0.25, -0.2) is 8.78 Å². The van der Waals surface area contributed by atoms with Crippen LogP contribution in [0.2, 0.25) is 0 Å². The highest BCUT2D eigenvalue weighted by Crippen LogP contribution is 2.30. The van der Waals surface area contributed by atoms with E-state index in [0.717, 1.165) is 0 Å². The quantitative estimate of drug-likeness (QED) is 0.277. The van der Waals surface area contributed by atoms with Crippen LogP contribution in [0.15, 0.2) is 60.9 Å². The lowest BCUT2D eigenvalue weighted by Crippen LogP contribution is -2.11. The van der Waals surface area contributed by atoms with Crippen molar-refractivity contribution >= 4 is 6.08 Å². The molecule has 0 amide bonds. The molecule has 0 fully saturated rings. The second-order valence-corrected chi connectivity index (χ2v) is 6.80. The molecule has 1 aromatic rings. The zero-order chi connectivity index (χ0) is 21.3. The molecule has 2 atom stereocenters. The van der Waals surface area contributed by atoms with E-state index in [2.05, 4.69) is 19.7 Å². The molecular formula is C23H29F3O2. The van der Waals surface area contributed by atoms with Gasteiger partial charge in [0.25, 0.3) is 0 Å². The number of allylic oxidation sites excluding steroid dienone is 3. The van der Waals surface area contributed by atoms with Crippen molar-refractivity contribution < 1.29 is 22.6 Å². The van der Waals surface area contributed by atoms with E-state index in [0.29, 0.717) is 25.0 Å². The van der Waals surface area contributed by atoms with E-state index in [4.69, 9.17) is 9.47 Å². The van der Waals surface area contributed by atoms with Gasteiger partial charge in [0, 0.05) is 0 Å². The first kappa shape index (κ1) is 23.6. The third kappa shape index (κ3) is 6.95. The molecule has 1 rings (SSSR count). The van der Waals surface area contributed by atoms with Gasteiger partial charge >= 0.3 is 0 Å². The van der Waals surface area contributed by atoms with Crippen molar-refractivity contribution in [3.63, 3.8) is 0 Å². The Morgan fingerprint density at radius 3 is 2.39 bits per heavy atom. The van der Waals surface area contributed by atoms with Gasteiger partial charge in [0.05, 0.1) is 13.2 Å². The Bertz CT molecular complexity index is 737. The Balaban J connectivity index is 2.54. The highest BCUT2D eigenvalue weighted by Gasteiger charge is 2.19. The number of halogens is 3. The van der Waals surface area contributed by atoms with Crippen molar-refractivity contribution in [2.75, 3.05) is 13.2 Å². The van der Waals surface area contributed by atoms with Crippen LogP contribution in [0, 0.1) is 17.7 Å². The summed E-state index contributed by atoms with van der Waals surface area (Å²) < 4.78 is 52.5. The van der Waals surface area contributed by atoms with Crippen molar-refractivity contribution in [2.45, 2.75) is 33.6 Å². The van der Waals surface area contributed by atoms with E-state index in [1.165, 1.54) is 6.07 Å². The van der Waals surface area contributed by atoms with E-state index in [1.807, 2.05) is 6.92 Å². The molecule has 0 bridgehead atoms. The monoisotopic (exact) mass is 394 g/mol. The maximum Gasteiger partial charge on any atom is 0.200 e. The van der Waals surface area contributed by atoms with Crippen molar-refractivity contribution in [1.82, 2.24) is 0 Å². The van der Waals surface area contributed by atoms with Gasteiger partial charge in [0.2, 0.25) is 0 Å². The summed E-state index contributed by atoms with van der Waals surface area (Å²) in [6.07, 6.45) is 2.83. The lowest BCUT2D eigenvalue weighted by Gasteiger charge is -2.18. The molecule has 5 heteroatoms. The number of hydrogen-bond donors (Lipinski definition) is 0. The van der Waals surface area contributed by atoms with Gasteiger partial charge < -0.3 is 9.47 Å². The molecule has 0 aromatic heterocycles. The van der Waals surface area contributed by atoms with Crippen LogP contribution in [-0.4, -0.2) is 13.2 Å². The van der Waals surface area contributed by atoms with Crippen LogP contribution in [0.25, 0.3) is 6.08 Å². The van der Waals surface area contributed by atoms with E-state index in [1.54, 1.807) is 32.1 Å². The lowest BCUT2D eigenvalue weighted by molar-refractivity contribution is 0.223. The molecule has 154 valence electrons. The zero-order valence-corrected chi connectivity index (χ0v) is 16.9. The number of rotatable bonds is 12. The minimum absolute atomic E-state index is 0.0672. The fraction of sp³-hybridized carbons (Fsp3) is 0.391. The first-order valence-corrected chi connectivity index (χ1v) is 9.32. The molecule has 0 aliphatic heterocycles. The summed E-state index contributed by atoms with van der Waals surface area (Å²) >= 11 is 0. The SMILES string of the molecule is C=Cc1ccc(OCC(C)CCC(C)C(=C)/C(F)=C(/F)C(=C)OCC)c(F)c1. The normalized spacial score (nSPS) is 13.9. The van der Waals surface area contributed by atoms with Crippen LogP contribution in [-0.2, 0) is 4.74 Å². The van der Waals surface area contributed by atoms with Gasteiger partial charge in [0.15, 0.2) is 29.0 Å². The summed E-state index contributed by atoms with van der Waals surface area (Å²) in [5, 5.41) is 0. The summed E-state index contributed by atoms with van der Waals surface area (Å²) in [7, 11) is 0. The van der Waals surface area contributed by atoms with Crippen LogP contribution in [0.4, 0.5) is 13.2 Å². The maximum absolute atomic E-state index is 14.2. The Hall–Kier alpha value is -2.43. The molecule has 2 nitrogen and oxygen atoms in total. The summed E-state index contributed by atoms with van der Waals surface area (Å²) in [5.74, 6) is -2.91. The molecule has 0 N–H and O–H groups in total. The maximum atomic E-state index is 14.2. The van der Waals surface area contributed by atoms with E-state index >= 15 is 0 Å². The molecule has 28 heavy (non-hydrogen) atoms. The average molecular weight is 394 g/mol.